The Hall–Kier alpha value is -4.11. The van der Waals surface area contributed by atoms with Crippen LogP contribution in [0.2, 0.25) is 0 Å². The number of pyridine rings is 2. The van der Waals surface area contributed by atoms with Crippen molar-refractivity contribution in [1.29, 1.82) is 0 Å². The highest BCUT2D eigenvalue weighted by molar-refractivity contribution is 5.84. The van der Waals surface area contributed by atoms with Crippen LogP contribution in [0.1, 0.15) is 24.1 Å². The SMILES string of the molecule is NC1CCCN(c2nc3ccn(Cc4nccc5ccccc45)c(=O)c3n2Cc2cc(F)cc(F)c2)C1. The van der Waals surface area contributed by atoms with E-state index >= 15 is 0 Å². The number of hydrogen-bond donors (Lipinski definition) is 1. The third kappa shape index (κ3) is 4.46. The predicted molar refractivity (Wildman–Crippen MR) is 140 cm³/mol. The Kier molecular flexibility index (Phi) is 5.92. The molecule has 0 spiro atoms. The molecule has 1 aliphatic rings. The zero-order valence-electron chi connectivity index (χ0n) is 20.1. The fourth-order valence-electron chi connectivity index (χ4n) is 5.23. The van der Waals surface area contributed by atoms with Gasteiger partial charge in [-0.15, -0.1) is 0 Å². The van der Waals surface area contributed by atoms with E-state index in [1.54, 1.807) is 27.6 Å². The van der Waals surface area contributed by atoms with Crippen molar-refractivity contribution in [2.45, 2.75) is 32.0 Å². The summed E-state index contributed by atoms with van der Waals surface area (Å²) in [6, 6.07) is 15.0. The molecule has 0 aliphatic carbocycles. The number of hydrogen-bond acceptors (Lipinski definition) is 5. The highest BCUT2D eigenvalue weighted by atomic mass is 19.1. The average Bonchev–Trinajstić information content (AvgIpc) is 3.24. The molecule has 4 heterocycles. The van der Waals surface area contributed by atoms with E-state index in [9.17, 15) is 13.6 Å². The first-order valence-corrected chi connectivity index (χ1v) is 12.3. The van der Waals surface area contributed by atoms with Gasteiger partial charge in [0, 0.05) is 43.0 Å². The molecule has 9 heteroatoms. The maximum atomic E-state index is 14.0. The van der Waals surface area contributed by atoms with Crippen molar-refractivity contribution in [3.63, 3.8) is 0 Å². The molecule has 5 aromatic rings. The lowest BCUT2D eigenvalue weighted by atomic mass is 10.1. The molecule has 2 N–H and O–H groups in total. The van der Waals surface area contributed by atoms with Crippen LogP contribution in [0.15, 0.2) is 71.8 Å². The normalized spacial score (nSPS) is 16.1. The molecule has 0 amide bonds. The van der Waals surface area contributed by atoms with Gasteiger partial charge in [-0.2, -0.15) is 0 Å². The Morgan fingerprint density at radius 3 is 2.65 bits per heavy atom. The summed E-state index contributed by atoms with van der Waals surface area (Å²) in [7, 11) is 0. The molecule has 2 aromatic carbocycles. The van der Waals surface area contributed by atoms with E-state index in [1.165, 1.54) is 12.1 Å². The van der Waals surface area contributed by atoms with Crippen LogP contribution in [-0.2, 0) is 13.1 Å². The number of rotatable bonds is 5. The summed E-state index contributed by atoms with van der Waals surface area (Å²) in [4.78, 5) is 25.2. The van der Waals surface area contributed by atoms with Crippen LogP contribution in [0.25, 0.3) is 21.8 Å². The largest absolute Gasteiger partial charge is 0.341 e. The van der Waals surface area contributed by atoms with Crippen LogP contribution in [0, 0.1) is 11.6 Å². The van der Waals surface area contributed by atoms with Gasteiger partial charge in [0.25, 0.3) is 5.56 Å². The number of nitrogens with two attached hydrogens (primary N) is 1. The zero-order chi connectivity index (χ0) is 25.5. The van der Waals surface area contributed by atoms with Gasteiger partial charge in [0.05, 0.1) is 24.3 Å². The van der Waals surface area contributed by atoms with Gasteiger partial charge in [0.2, 0.25) is 5.95 Å². The molecule has 1 fully saturated rings. The van der Waals surface area contributed by atoms with Gasteiger partial charge < -0.3 is 19.8 Å². The number of piperidine rings is 1. The molecular formula is C28H26F2N6O. The molecule has 3 aromatic heterocycles. The monoisotopic (exact) mass is 500 g/mol. The van der Waals surface area contributed by atoms with Crippen LogP contribution in [0.3, 0.4) is 0 Å². The summed E-state index contributed by atoms with van der Waals surface area (Å²) in [5, 5.41) is 2.02. The van der Waals surface area contributed by atoms with E-state index < -0.39 is 11.6 Å². The lowest BCUT2D eigenvalue weighted by molar-refractivity contribution is 0.495. The lowest BCUT2D eigenvalue weighted by Gasteiger charge is -2.32. The number of fused-ring (bicyclic) bond motifs is 2. The molecule has 0 radical (unpaired) electrons. The molecule has 6 rings (SSSR count). The highest BCUT2D eigenvalue weighted by Gasteiger charge is 2.24. The molecule has 7 nitrogen and oxygen atoms in total. The number of nitrogens with zero attached hydrogens (tertiary/aromatic N) is 5. The standard InChI is InChI=1S/C28H26F2N6O/c29-20-12-18(13-21(30)14-20)15-36-26-24(33-28(36)35-10-3-5-22(31)16-35)8-11-34(27(26)37)17-25-23-6-2-1-4-19(23)7-9-32-25/h1-2,4,6-9,11-14,22H,3,5,10,15-17,31H2. The van der Waals surface area contributed by atoms with E-state index in [2.05, 4.69) is 9.88 Å². The van der Waals surface area contributed by atoms with Gasteiger partial charge in [-0.3, -0.25) is 9.78 Å². The second-order valence-corrected chi connectivity index (χ2v) is 9.59. The van der Waals surface area contributed by atoms with Gasteiger partial charge in [-0.1, -0.05) is 24.3 Å². The molecule has 1 unspecified atom stereocenters. The van der Waals surface area contributed by atoms with Gasteiger partial charge in [-0.05, 0) is 48.1 Å². The number of imidazole rings is 1. The average molecular weight is 501 g/mol. The smallest absolute Gasteiger partial charge is 0.277 e. The predicted octanol–water partition coefficient (Wildman–Crippen LogP) is 4.05. The van der Waals surface area contributed by atoms with E-state index in [1.807, 2.05) is 30.3 Å². The van der Waals surface area contributed by atoms with Gasteiger partial charge in [0.1, 0.15) is 17.2 Å². The molecule has 0 bridgehead atoms. The quantitative estimate of drug-likeness (QED) is 0.394. The minimum atomic E-state index is -0.666. The van der Waals surface area contributed by atoms with E-state index in [-0.39, 0.29) is 24.7 Å². The van der Waals surface area contributed by atoms with Crippen molar-refractivity contribution in [2.24, 2.45) is 5.73 Å². The molecule has 0 saturated carbocycles. The first kappa shape index (κ1) is 23.3. The molecule has 1 aliphatic heterocycles. The number of benzene rings is 2. The maximum absolute atomic E-state index is 14.0. The van der Waals surface area contributed by atoms with Crippen LogP contribution in [0.4, 0.5) is 14.7 Å². The topological polar surface area (TPSA) is 82.0 Å². The summed E-state index contributed by atoms with van der Waals surface area (Å²) in [5.41, 5.74) is 8.08. The van der Waals surface area contributed by atoms with Gasteiger partial charge in [-0.25, -0.2) is 13.8 Å². The Balaban J connectivity index is 1.49. The van der Waals surface area contributed by atoms with Crippen LogP contribution in [-0.4, -0.2) is 38.2 Å². The summed E-state index contributed by atoms with van der Waals surface area (Å²) < 4.78 is 31.4. The molecule has 188 valence electrons. The van der Waals surface area contributed by atoms with Crippen LogP contribution in [0.5, 0.6) is 0 Å². The van der Waals surface area contributed by atoms with Crippen molar-refractivity contribution in [3.05, 3.63) is 100 Å². The Morgan fingerprint density at radius 1 is 1.03 bits per heavy atom. The maximum Gasteiger partial charge on any atom is 0.277 e. The number of anilines is 1. The lowest BCUT2D eigenvalue weighted by Crippen LogP contribution is -2.44. The minimum absolute atomic E-state index is 0.0114. The molecular weight excluding hydrogens is 474 g/mol. The number of aromatic nitrogens is 4. The third-order valence-electron chi connectivity index (χ3n) is 6.93. The van der Waals surface area contributed by atoms with Crippen LogP contribution < -0.4 is 16.2 Å². The van der Waals surface area contributed by atoms with Gasteiger partial charge >= 0.3 is 0 Å². The number of halogens is 2. The van der Waals surface area contributed by atoms with Crippen molar-refractivity contribution >= 4 is 27.8 Å². The molecule has 1 atom stereocenters. The van der Waals surface area contributed by atoms with Crippen molar-refractivity contribution in [2.75, 3.05) is 18.0 Å². The fraction of sp³-hybridized carbons (Fsp3) is 0.250. The second kappa shape index (κ2) is 9.40. The van der Waals surface area contributed by atoms with Crippen LogP contribution >= 0.6 is 0 Å². The Morgan fingerprint density at radius 2 is 1.84 bits per heavy atom. The van der Waals surface area contributed by atoms with E-state index in [4.69, 9.17) is 10.7 Å². The summed E-state index contributed by atoms with van der Waals surface area (Å²) in [6.45, 7) is 1.70. The highest BCUT2D eigenvalue weighted by Crippen LogP contribution is 2.26. The first-order valence-electron chi connectivity index (χ1n) is 12.3. The first-order chi connectivity index (χ1) is 18.0. The second-order valence-electron chi connectivity index (χ2n) is 9.59. The van der Waals surface area contributed by atoms with Crippen molar-refractivity contribution in [3.8, 4) is 0 Å². The summed E-state index contributed by atoms with van der Waals surface area (Å²) >= 11 is 0. The molecule has 1 saturated heterocycles. The third-order valence-corrected chi connectivity index (χ3v) is 6.93. The van der Waals surface area contributed by atoms with Gasteiger partial charge in [0.15, 0.2) is 0 Å². The van der Waals surface area contributed by atoms with Crippen molar-refractivity contribution < 1.29 is 8.78 Å². The fourth-order valence-corrected chi connectivity index (χ4v) is 5.23. The Labute approximate surface area is 211 Å². The Bertz CT molecular complexity index is 1650. The summed E-state index contributed by atoms with van der Waals surface area (Å²) in [5.74, 6) is -0.756. The molecule has 37 heavy (non-hydrogen) atoms. The van der Waals surface area contributed by atoms with E-state index in [0.29, 0.717) is 29.1 Å². The minimum Gasteiger partial charge on any atom is -0.341 e. The van der Waals surface area contributed by atoms with E-state index in [0.717, 1.165) is 41.9 Å². The van der Waals surface area contributed by atoms with Crippen molar-refractivity contribution in [1.82, 2.24) is 19.1 Å². The summed E-state index contributed by atoms with van der Waals surface area (Å²) in [6.07, 6.45) is 5.27. The zero-order valence-corrected chi connectivity index (χ0v) is 20.1.